The van der Waals surface area contributed by atoms with E-state index in [0.29, 0.717) is 18.8 Å². The molecule has 0 spiro atoms. The van der Waals surface area contributed by atoms with E-state index in [0.717, 1.165) is 13.1 Å². The van der Waals surface area contributed by atoms with Crippen molar-refractivity contribution in [1.29, 1.82) is 0 Å². The fraction of sp³-hybridized carbons (Fsp3) is 0.208. The highest BCUT2D eigenvalue weighted by Gasteiger charge is 2.29. The first kappa shape index (κ1) is 20.6. The van der Waals surface area contributed by atoms with Crippen LogP contribution < -0.4 is 10.6 Å². The number of hydrogen-bond acceptors (Lipinski definition) is 5. The minimum absolute atomic E-state index is 0.0904. The third-order valence-electron chi connectivity index (χ3n) is 5.71. The average Bonchev–Trinajstić information content (AvgIpc) is 2.81. The molecule has 7 heteroatoms. The lowest BCUT2D eigenvalue weighted by Gasteiger charge is -2.40. The molecule has 3 aromatic carbocycles. The molecule has 1 aliphatic rings. The number of carbonyl (C=O) groups is 1. The summed E-state index contributed by atoms with van der Waals surface area (Å²) in [5.74, 6) is -0.673. The zero-order chi connectivity index (χ0) is 21.8. The number of rotatable bonds is 6. The molecule has 0 aliphatic carbocycles. The van der Waals surface area contributed by atoms with Gasteiger partial charge in [-0.1, -0.05) is 60.7 Å². The predicted molar refractivity (Wildman–Crippen MR) is 120 cm³/mol. The number of hydrogen-bond donors (Lipinski definition) is 1. The molecule has 2 N–H and O–H groups in total. The summed E-state index contributed by atoms with van der Waals surface area (Å²) in [5.41, 5.74) is 8.30. The van der Waals surface area contributed by atoms with E-state index in [1.165, 1.54) is 17.2 Å². The lowest BCUT2D eigenvalue weighted by Crippen LogP contribution is -2.48. The second-order valence-electron chi connectivity index (χ2n) is 7.57. The van der Waals surface area contributed by atoms with Crippen LogP contribution in [0.3, 0.4) is 0 Å². The standard InChI is InChI=1S/C24H24N4O3/c25-24(29)20-11-12-21(22(17-20)28(30)31)26-13-15-27(16-14-26)23(18-7-3-1-4-8-18)19-9-5-2-6-10-19/h1-12,17,23H,13-16H2,(H2,25,29). The summed E-state index contributed by atoms with van der Waals surface area (Å²) in [7, 11) is 0. The normalized spacial score (nSPS) is 14.5. The van der Waals surface area contributed by atoms with Crippen molar-refractivity contribution < 1.29 is 9.72 Å². The van der Waals surface area contributed by atoms with Crippen LogP contribution in [0.15, 0.2) is 78.9 Å². The molecule has 4 rings (SSSR count). The van der Waals surface area contributed by atoms with Crippen molar-refractivity contribution >= 4 is 17.3 Å². The summed E-state index contributed by atoms with van der Waals surface area (Å²) < 4.78 is 0. The minimum atomic E-state index is -0.673. The van der Waals surface area contributed by atoms with E-state index in [4.69, 9.17) is 5.73 Å². The number of nitrogens with two attached hydrogens (primary N) is 1. The van der Waals surface area contributed by atoms with Gasteiger partial charge in [0.25, 0.3) is 5.69 Å². The van der Waals surface area contributed by atoms with E-state index in [1.807, 2.05) is 41.3 Å². The molecule has 31 heavy (non-hydrogen) atoms. The van der Waals surface area contributed by atoms with Crippen molar-refractivity contribution in [1.82, 2.24) is 4.90 Å². The third kappa shape index (κ3) is 4.41. The van der Waals surface area contributed by atoms with Crippen LogP contribution in [0, 0.1) is 10.1 Å². The first-order valence-electron chi connectivity index (χ1n) is 10.2. The Hall–Kier alpha value is -3.71. The maximum absolute atomic E-state index is 11.6. The highest BCUT2D eigenvalue weighted by atomic mass is 16.6. The summed E-state index contributed by atoms with van der Waals surface area (Å²) in [4.78, 5) is 27.0. The number of nitro benzene ring substituents is 1. The summed E-state index contributed by atoms with van der Waals surface area (Å²) in [6.45, 7) is 2.80. The van der Waals surface area contributed by atoms with Crippen molar-refractivity contribution in [2.75, 3.05) is 31.1 Å². The second kappa shape index (κ2) is 8.97. The number of amides is 1. The quantitative estimate of drug-likeness (QED) is 0.490. The fourth-order valence-electron chi connectivity index (χ4n) is 4.20. The maximum Gasteiger partial charge on any atom is 0.293 e. The zero-order valence-electron chi connectivity index (χ0n) is 17.1. The predicted octanol–water partition coefficient (Wildman–Crippen LogP) is 3.61. The molecule has 1 heterocycles. The molecule has 0 unspecified atom stereocenters. The summed E-state index contributed by atoms with van der Waals surface area (Å²) >= 11 is 0. The Labute approximate surface area is 180 Å². The van der Waals surface area contributed by atoms with Crippen molar-refractivity contribution in [3.05, 3.63) is 106 Å². The van der Waals surface area contributed by atoms with Crippen LogP contribution in [-0.2, 0) is 0 Å². The molecular weight excluding hydrogens is 392 g/mol. The van der Waals surface area contributed by atoms with Gasteiger partial charge in [0.05, 0.1) is 11.0 Å². The van der Waals surface area contributed by atoms with E-state index in [2.05, 4.69) is 29.2 Å². The van der Waals surface area contributed by atoms with Gasteiger partial charge in [-0.2, -0.15) is 0 Å². The lowest BCUT2D eigenvalue weighted by atomic mass is 9.96. The second-order valence-corrected chi connectivity index (χ2v) is 7.57. The highest BCUT2D eigenvalue weighted by molar-refractivity contribution is 5.94. The van der Waals surface area contributed by atoms with Crippen LogP contribution in [0.4, 0.5) is 11.4 Å². The summed E-state index contributed by atoms with van der Waals surface area (Å²) in [6.07, 6.45) is 0. The third-order valence-corrected chi connectivity index (χ3v) is 5.71. The first-order valence-corrected chi connectivity index (χ1v) is 10.2. The molecular formula is C24H24N4O3. The molecule has 0 bridgehead atoms. The van der Waals surface area contributed by atoms with Gasteiger partial charge < -0.3 is 10.6 Å². The summed E-state index contributed by atoms with van der Waals surface area (Å²) in [6, 6.07) is 25.3. The van der Waals surface area contributed by atoms with Gasteiger partial charge in [0, 0.05) is 37.8 Å². The Kier molecular flexibility index (Phi) is 5.95. The molecule has 1 aliphatic heterocycles. The van der Waals surface area contributed by atoms with Crippen LogP contribution in [0.1, 0.15) is 27.5 Å². The molecule has 3 aromatic rings. The monoisotopic (exact) mass is 416 g/mol. The molecule has 1 amide bonds. The maximum atomic E-state index is 11.6. The van der Waals surface area contributed by atoms with Crippen molar-refractivity contribution in [3.8, 4) is 0 Å². The number of piperazine rings is 1. The van der Waals surface area contributed by atoms with E-state index >= 15 is 0 Å². The minimum Gasteiger partial charge on any atom is -0.366 e. The van der Waals surface area contributed by atoms with E-state index < -0.39 is 10.8 Å². The van der Waals surface area contributed by atoms with Crippen LogP contribution in [0.2, 0.25) is 0 Å². The number of primary amides is 1. The number of benzene rings is 3. The van der Waals surface area contributed by atoms with Crippen molar-refractivity contribution in [2.45, 2.75) is 6.04 Å². The van der Waals surface area contributed by atoms with Crippen LogP contribution in [0.25, 0.3) is 0 Å². The van der Waals surface area contributed by atoms with Gasteiger partial charge in [-0.25, -0.2) is 0 Å². The number of nitro groups is 1. The Balaban J connectivity index is 1.57. The molecule has 0 atom stereocenters. The van der Waals surface area contributed by atoms with Crippen LogP contribution in [0.5, 0.6) is 0 Å². The van der Waals surface area contributed by atoms with Gasteiger partial charge in [0.1, 0.15) is 5.69 Å². The Morgan fingerprint density at radius 1 is 0.871 bits per heavy atom. The van der Waals surface area contributed by atoms with Crippen molar-refractivity contribution in [2.24, 2.45) is 5.73 Å². The fourth-order valence-corrected chi connectivity index (χ4v) is 4.20. The average molecular weight is 416 g/mol. The molecule has 0 radical (unpaired) electrons. The van der Waals surface area contributed by atoms with Crippen LogP contribution >= 0.6 is 0 Å². The zero-order valence-corrected chi connectivity index (χ0v) is 17.1. The smallest absolute Gasteiger partial charge is 0.293 e. The van der Waals surface area contributed by atoms with Gasteiger partial charge in [-0.15, -0.1) is 0 Å². The number of nitrogens with zero attached hydrogens (tertiary/aromatic N) is 3. The van der Waals surface area contributed by atoms with Gasteiger partial charge in [0.2, 0.25) is 5.91 Å². The largest absolute Gasteiger partial charge is 0.366 e. The Morgan fingerprint density at radius 2 is 1.42 bits per heavy atom. The highest BCUT2D eigenvalue weighted by Crippen LogP contribution is 2.33. The van der Waals surface area contributed by atoms with Gasteiger partial charge >= 0.3 is 0 Å². The molecule has 1 saturated heterocycles. The number of anilines is 1. The topological polar surface area (TPSA) is 92.7 Å². The summed E-state index contributed by atoms with van der Waals surface area (Å²) in [5, 5.41) is 11.6. The Morgan fingerprint density at radius 3 is 1.90 bits per heavy atom. The number of carbonyl (C=O) groups excluding carboxylic acids is 1. The van der Waals surface area contributed by atoms with E-state index in [-0.39, 0.29) is 17.3 Å². The van der Waals surface area contributed by atoms with E-state index in [9.17, 15) is 14.9 Å². The SMILES string of the molecule is NC(=O)c1ccc(N2CCN(C(c3ccccc3)c3ccccc3)CC2)c([N+](=O)[O-])c1. The van der Waals surface area contributed by atoms with Crippen molar-refractivity contribution in [3.63, 3.8) is 0 Å². The first-order chi connectivity index (χ1) is 15.0. The van der Waals surface area contributed by atoms with Gasteiger partial charge in [0.15, 0.2) is 0 Å². The molecule has 7 nitrogen and oxygen atoms in total. The molecule has 158 valence electrons. The molecule has 0 saturated carbocycles. The lowest BCUT2D eigenvalue weighted by molar-refractivity contribution is -0.384. The molecule has 1 fully saturated rings. The molecule has 0 aromatic heterocycles. The Bertz CT molecular complexity index is 1030. The van der Waals surface area contributed by atoms with E-state index in [1.54, 1.807) is 12.1 Å². The van der Waals surface area contributed by atoms with Gasteiger partial charge in [-0.3, -0.25) is 19.8 Å². The van der Waals surface area contributed by atoms with Gasteiger partial charge in [-0.05, 0) is 23.3 Å². The van der Waals surface area contributed by atoms with Crippen LogP contribution in [-0.4, -0.2) is 41.9 Å².